The Labute approximate surface area is 88.5 Å². The lowest BCUT2D eigenvalue weighted by Crippen LogP contribution is -2.01. The third-order valence-corrected chi connectivity index (χ3v) is 3.71. The van der Waals surface area contributed by atoms with Gasteiger partial charge in [0.1, 0.15) is 5.82 Å². The van der Waals surface area contributed by atoms with Crippen LogP contribution >= 0.6 is 12.2 Å². The van der Waals surface area contributed by atoms with E-state index in [9.17, 15) is 0 Å². The van der Waals surface area contributed by atoms with Gasteiger partial charge in [-0.05, 0) is 37.4 Å². The Hall–Kier alpha value is -0.640. The highest BCUT2D eigenvalue weighted by atomic mass is 32.1. The van der Waals surface area contributed by atoms with E-state index in [1.54, 1.807) is 0 Å². The average Bonchev–Trinajstić information content (AvgIpc) is 3.08. The lowest BCUT2D eigenvalue weighted by molar-refractivity contribution is 0.649. The van der Waals surface area contributed by atoms with E-state index in [1.807, 2.05) is 0 Å². The highest BCUT2D eigenvalue weighted by Crippen LogP contribution is 2.50. The minimum absolute atomic E-state index is 0.661. The summed E-state index contributed by atoms with van der Waals surface area (Å²) in [4.78, 5) is 0. The molecule has 2 unspecified atom stereocenters. The summed E-state index contributed by atoms with van der Waals surface area (Å²) in [6, 6.07) is 0.661. The van der Waals surface area contributed by atoms with Gasteiger partial charge in [0.25, 0.3) is 0 Å². The number of aromatic nitrogens is 3. The molecule has 2 aliphatic carbocycles. The topological polar surface area (TPSA) is 33.6 Å². The molecule has 0 spiro atoms. The van der Waals surface area contributed by atoms with Crippen molar-refractivity contribution in [1.29, 1.82) is 0 Å². The number of nitrogens with one attached hydrogen (secondary N) is 1. The third kappa shape index (κ3) is 1.24. The van der Waals surface area contributed by atoms with Gasteiger partial charge < -0.3 is 4.57 Å². The third-order valence-electron chi connectivity index (χ3n) is 3.42. The second-order valence-corrected chi connectivity index (χ2v) is 4.89. The van der Waals surface area contributed by atoms with E-state index in [1.165, 1.54) is 31.5 Å². The van der Waals surface area contributed by atoms with Crippen molar-refractivity contribution in [1.82, 2.24) is 14.8 Å². The maximum Gasteiger partial charge on any atom is 0.195 e. The Kier molecular flexibility index (Phi) is 1.81. The molecule has 76 valence electrons. The molecule has 1 heterocycles. The highest BCUT2D eigenvalue weighted by Gasteiger charge is 2.42. The summed E-state index contributed by atoms with van der Waals surface area (Å²) in [5, 5.41) is 7.32. The fourth-order valence-electron chi connectivity index (χ4n) is 2.28. The maximum absolute atomic E-state index is 5.26. The molecule has 2 fully saturated rings. The van der Waals surface area contributed by atoms with Crippen LogP contribution in [0.4, 0.5) is 0 Å². The lowest BCUT2D eigenvalue weighted by atomic mass is 10.2. The lowest BCUT2D eigenvalue weighted by Gasteiger charge is -2.02. The van der Waals surface area contributed by atoms with Gasteiger partial charge in [0.15, 0.2) is 4.77 Å². The number of hydrogen-bond donors (Lipinski definition) is 1. The van der Waals surface area contributed by atoms with Gasteiger partial charge in [0.05, 0.1) is 0 Å². The Morgan fingerprint density at radius 2 is 2.36 bits per heavy atom. The Balaban J connectivity index is 1.94. The number of rotatable bonds is 3. The van der Waals surface area contributed by atoms with Gasteiger partial charge in [-0.25, -0.2) is 0 Å². The summed E-state index contributed by atoms with van der Waals surface area (Å²) in [6.07, 6.45) is 5.15. The Bertz CT molecular complexity index is 402. The van der Waals surface area contributed by atoms with Crippen LogP contribution in [0.3, 0.4) is 0 Å². The van der Waals surface area contributed by atoms with Crippen molar-refractivity contribution in [2.24, 2.45) is 5.92 Å². The molecule has 0 radical (unpaired) electrons. The van der Waals surface area contributed by atoms with E-state index < -0.39 is 0 Å². The summed E-state index contributed by atoms with van der Waals surface area (Å²) < 4.78 is 3.08. The zero-order valence-corrected chi connectivity index (χ0v) is 9.18. The second kappa shape index (κ2) is 2.92. The van der Waals surface area contributed by atoms with Crippen LogP contribution in [0.1, 0.15) is 50.4 Å². The second-order valence-electron chi connectivity index (χ2n) is 4.50. The quantitative estimate of drug-likeness (QED) is 0.777. The van der Waals surface area contributed by atoms with E-state index in [0.29, 0.717) is 12.0 Å². The van der Waals surface area contributed by atoms with E-state index in [-0.39, 0.29) is 0 Å². The summed E-state index contributed by atoms with van der Waals surface area (Å²) in [5.41, 5.74) is 0. The van der Waals surface area contributed by atoms with Crippen molar-refractivity contribution in [3.05, 3.63) is 10.6 Å². The maximum atomic E-state index is 5.26. The molecule has 0 bridgehead atoms. The highest BCUT2D eigenvalue weighted by molar-refractivity contribution is 7.71. The smallest absolute Gasteiger partial charge is 0.195 e. The number of aromatic amines is 1. The molecule has 3 nitrogen and oxygen atoms in total. The molecule has 2 aliphatic rings. The molecule has 3 rings (SSSR count). The first-order chi connectivity index (χ1) is 6.81. The minimum Gasteiger partial charge on any atom is -0.301 e. The summed E-state index contributed by atoms with van der Waals surface area (Å²) in [7, 11) is 0. The molecule has 1 aromatic heterocycles. The summed E-state index contributed by atoms with van der Waals surface area (Å²) >= 11 is 5.26. The first-order valence-electron chi connectivity index (χ1n) is 5.48. The van der Waals surface area contributed by atoms with Crippen molar-refractivity contribution in [3.8, 4) is 0 Å². The monoisotopic (exact) mass is 209 g/mol. The molecule has 0 saturated heterocycles. The van der Waals surface area contributed by atoms with Crippen molar-refractivity contribution < 1.29 is 0 Å². The predicted octanol–water partition coefficient (Wildman–Crippen LogP) is 2.79. The van der Waals surface area contributed by atoms with E-state index >= 15 is 0 Å². The molecule has 2 atom stereocenters. The van der Waals surface area contributed by atoms with Crippen LogP contribution in [-0.4, -0.2) is 14.8 Å². The van der Waals surface area contributed by atoms with Crippen LogP contribution in [0, 0.1) is 10.7 Å². The normalized spacial score (nSPS) is 30.6. The van der Waals surface area contributed by atoms with Gasteiger partial charge in [-0.3, -0.25) is 5.10 Å². The number of hydrogen-bond acceptors (Lipinski definition) is 2. The van der Waals surface area contributed by atoms with E-state index in [0.717, 1.165) is 10.7 Å². The van der Waals surface area contributed by atoms with E-state index in [4.69, 9.17) is 12.2 Å². The first kappa shape index (κ1) is 8.65. The largest absolute Gasteiger partial charge is 0.301 e. The van der Waals surface area contributed by atoms with Gasteiger partial charge in [-0.15, -0.1) is 0 Å². The zero-order chi connectivity index (χ0) is 9.71. The minimum atomic E-state index is 0.661. The molecule has 0 aliphatic heterocycles. The molecule has 2 saturated carbocycles. The molecule has 4 heteroatoms. The van der Waals surface area contributed by atoms with Crippen LogP contribution in [0.15, 0.2) is 0 Å². The molecule has 0 amide bonds. The SMILES string of the molecule is CCC1CC1c1n[nH]c(=S)n1C1CC1. The van der Waals surface area contributed by atoms with Crippen LogP contribution < -0.4 is 0 Å². The van der Waals surface area contributed by atoms with Crippen molar-refractivity contribution in [3.63, 3.8) is 0 Å². The van der Waals surface area contributed by atoms with E-state index in [2.05, 4.69) is 21.7 Å². The van der Waals surface area contributed by atoms with Gasteiger partial charge in [-0.1, -0.05) is 13.3 Å². The zero-order valence-electron chi connectivity index (χ0n) is 8.36. The molecule has 1 N–H and O–H groups in total. The van der Waals surface area contributed by atoms with Crippen LogP contribution in [0.25, 0.3) is 0 Å². The fraction of sp³-hybridized carbons (Fsp3) is 0.800. The standard InChI is InChI=1S/C10H15N3S/c1-2-6-5-8(6)9-11-12-10(14)13(9)7-3-4-7/h6-8H,2-5H2,1H3,(H,12,14). The van der Waals surface area contributed by atoms with Crippen LogP contribution in [-0.2, 0) is 0 Å². The Morgan fingerprint density at radius 3 is 2.93 bits per heavy atom. The van der Waals surface area contributed by atoms with Crippen molar-refractivity contribution in [2.75, 3.05) is 0 Å². The summed E-state index contributed by atoms with van der Waals surface area (Å²) in [6.45, 7) is 2.26. The first-order valence-corrected chi connectivity index (χ1v) is 5.89. The summed E-state index contributed by atoms with van der Waals surface area (Å²) in [5.74, 6) is 2.77. The van der Waals surface area contributed by atoms with Gasteiger partial charge >= 0.3 is 0 Å². The Morgan fingerprint density at radius 1 is 1.57 bits per heavy atom. The van der Waals surface area contributed by atoms with Crippen LogP contribution in [0.5, 0.6) is 0 Å². The molecule has 14 heavy (non-hydrogen) atoms. The molecular weight excluding hydrogens is 194 g/mol. The number of H-pyrrole nitrogens is 1. The predicted molar refractivity (Wildman–Crippen MR) is 56.8 cm³/mol. The molecule has 0 aromatic carbocycles. The average molecular weight is 209 g/mol. The van der Waals surface area contributed by atoms with Gasteiger partial charge in [0, 0.05) is 12.0 Å². The molecular formula is C10H15N3S. The van der Waals surface area contributed by atoms with Gasteiger partial charge in [-0.2, -0.15) is 5.10 Å². The van der Waals surface area contributed by atoms with Crippen molar-refractivity contribution in [2.45, 2.75) is 44.6 Å². The number of nitrogens with zero attached hydrogens (tertiary/aromatic N) is 2. The molecule has 1 aromatic rings. The van der Waals surface area contributed by atoms with Crippen LogP contribution in [0.2, 0.25) is 0 Å². The van der Waals surface area contributed by atoms with Gasteiger partial charge in [0.2, 0.25) is 0 Å². The van der Waals surface area contributed by atoms with Crippen molar-refractivity contribution >= 4 is 12.2 Å². The fourth-order valence-corrected chi connectivity index (χ4v) is 2.57.